The van der Waals surface area contributed by atoms with Crippen molar-refractivity contribution in [3.8, 4) is 5.75 Å². The molecule has 0 fully saturated rings. The van der Waals surface area contributed by atoms with Crippen LogP contribution in [-0.4, -0.2) is 35.2 Å². The van der Waals surface area contributed by atoms with Crippen molar-refractivity contribution >= 4 is 11.7 Å². The monoisotopic (exact) mass is 282 g/mol. The molecule has 0 aromatic heterocycles. The number of hydrogen-bond donors (Lipinski definition) is 2. The number of carbonyl (C=O) groups is 1. The molecule has 0 radical (unpaired) electrons. The Morgan fingerprint density at radius 2 is 2.25 bits per heavy atom. The molecule has 1 atom stereocenters. The van der Waals surface area contributed by atoms with Crippen molar-refractivity contribution in [2.24, 2.45) is 0 Å². The molecule has 1 aromatic carbocycles. The Kier molecular flexibility index (Phi) is 5.92. The van der Waals surface area contributed by atoms with E-state index in [1.807, 2.05) is 6.92 Å². The molecular formula is C13H18N2O5. The molecule has 0 bridgehead atoms. The van der Waals surface area contributed by atoms with E-state index < -0.39 is 16.9 Å². The molecule has 2 N–H and O–H groups in total. The van der Waals surface area contributed by atoms with Gasteiger partial charge in [0.1, 0.15) is 11.8 Å². The molecule has 0 saturated carbocycles. The number of ether oxygens (including phenoxy) is 1. The molecule has 0 amide bonds. The van der Waals surface area contributed by atoms with Gasteiger partial charge in [0.2, 0.25) is 0 Å². The average Bonchev–Trinajstić information content (AvgIpc) is 2.39. The van der Waals surface area contributed by atoms with Crippen molar-refractivity contribution in [1.82, 2.24) is 5.32 Å². The molecule has 0 aliphatic rings. The number of carboxylic acid groups (broad SMARTS) is 1. The summed E-state index contributed by atoms with van der Waals surface area (Å²) < 4.78 is 5.45. The molecular weight excluding hydrogens is 264 g/mol. The first-order valence-electron chi connectivity index (χ1n) is 6.29. The number of nitro benzene ring substituents is 1. The molecule has 0 aliphatic heterocycles. The predicted molar refractivity (Wildman–Crippen MR) is 73.0 cm³/mol. The van der Waals surface area contributed by atoms with Crippen molar-refractivity contribution in [3.63, 3.8) is 0 Å². The Bertz CT molecular complexity index is 490. The fourth-order valence-electron chi connectivity index (χ4n) is 1.70. The molecule has 0 heterocycles. The molecule has 20 heavy (non-hydrogen) atoms. The second-order valence-corrected chi connectivity index (χ2v) is 4.29. The number of nitro groups is 1. The lowest BCUT2D eigenvalue weighted by Crippen LogP contribution is -2.37. The van der Waals surface area contributed by atoms with Crippen molar-refractivity contribution in [2.75, 3.05) is 13.2 Å². The summed E-state index contributed by atoms with van der Waals surface area (Å²) in [5, 5.41) is 22.5. The van der Waals surface area contributed by atoms with E-state index in [1.165, 1.54) is 12.1 Å². The summed E-state index contributed by atoms with van der Waals surface area (Å²) in [6.07, 6.45) is 0.283. The van der Waals surface area contributed by atoms with Gasteiger partial charge < -0.3 is 15.2 Å². The largest absolute Gasteiger partial charge is 0.493 e. The van der Waals surface area contributed by atoms with Gasteiger partial charge in [0.05, 0.1) is 17.6 Å². The summed E-state index contributed by atoms with van der Waals surface area (Å²) in [7, 11) is 0. The highest BCUT2D eigenvalue weighted by Gasteiger charge is 2.16. The summed E-state index contributed by atoms with van der Waals surface area (Å²) in [4.78, 5) is 21.1. The van der Waals surface area contributed by atoms with Crippen LogP contribution in [0.3, 0.4) is 0 Å². The molecule has 7 heteroatoms. The number of aryl methyl sites for hydroxylation is 1. The Hall–Kier alpha value is -2.15. The van der Waals surface area contributed by atoms with Crippen LogP contribution in [0.5, 0.6) is 5.75 Å². The smallest absolute Gasteiger partial charge is 0.320 e. The zero-order valence-electron chi connectivity index (χ0n) is 11.5. The number of non-ortho nitro benzene ring substituents is 1. The normalized spacial score (nSPS) is 11.9. The van der Waals surface area contributed by atoms with Crippen molar-refractivity contribution < 1.29 is 19.6 Å². The lowest BCUT2D eigenvalue weighted by Gasteiger charge is -2.14. The molecule has 0 saturated heterocycles. The molecule has 1 unspecified atom stereocenters. The number of aliphatic carboxylic acids is 1. The third kappa shape index (κ3) is 4.51. The van der Waals surface area contributed by atoms with Gasteiger partial charge in [0.25, 0.3) is 5.69 Å². The third-order valence-corrected chi connectivity index (χ3v) is 2.80. The van der Waals surface area contributed by atoms with Gasteiger partial charge in [-0.05, 0) is 25.1 Å². The van der Waals surface area contributed by atoms with Gasteiger partial charge in [0.15, 0.2) is 0 Å². The number of benzene rings is 1. The molecule has 1 rings (SSSR count). The maximum atomic E-state index is 10.9. The summed E-state index contributed by atoms with van der Waals surface area (Å²) in [6, 6.07) is 3.67. The minimum atomic E-state index is -0.939. The van der Waals surface area contributed by atoms with Crippen LogP contribution in [0.25, 0.3) is 0 Å². The first-order valence-corrected chi connectivity index (χ1v) is 6.29. The van der Waals surface area contributed by atoms with Crippen LogP contribution in [0.4, 0.5) is 5.69 Å². The van der Waals surface area contributed by atoms with Gasteiger partial charge in [-0.25, -0.2) is 0 Å². The minimum Gasteiger partial charge on any atom is -0.493 e. The Balaban J connectivity index is 2.63. The van der Waals surface area contributed by atoms with Crippen LogP contribution >= 0.6 is 0 Å². The minimum absolute atomic E-state index is 0.0490. The third-order valence-electron chi connectivity index (χ3n) is 2.80. The topological polar surface area (TPSA) is 102 Å². The predicted octanol–water partition coefficient (Wildman–Crippen LogP) is 1.73. The molecule has 0 aliphatic carbocycles. The van der Waals surface area contributed by atoms with Gasteiger partial charge in [-0.15, -0.1) is 0 Å². The number of likely N-dealkylation sites (N-methyl/N-ethyl adjacent to an activating group) is 1. The van der Waals surface area contributed by atoms with E-state index in [0.717, 1.165) is 5.56 Å². The lowest BCUT2D eigenvalue weighted by atomic mass is 10.2. The highest BCUT2D eigenvalue weighted by molar-refractivity contribution is 5.73. The Morgan fingerprint density at radius 1 is 1.55 bits per heavy atom. The average molecular weight is 282 g/mol. The van der Waals surface area contributed by atoms with E-state index in [-0.39, 0.29) is 18.7 Å². The molecule has 110 valence electrons. The number of hydrogen-bond acceptors (Lipinski definition) is 5. The Labute approximate surface area is 116 Å². The summed E-state index contributed by atoms with van der Waals surface area (Å²) in [5.74, 6) is -0.536. The highest BCUT2D eigenvalue weighted by Crippen LogP contribution is 2.24. The van der Waals surface area contributed by atoms with Crippen molar-refractivity contribution in [3.05, 3.63) is 33.9 Å². The van der Waals surface area contributed by atoms with E-state index in [2.05, 4.69) is 5.32 Å². The maximum Gasteiger partial charge on any atom is 0.320 e. The maximum absolute atomic E-state index is 10.9. The Morgan fingerprint density at radius 3 is 2.80 bits per heavy atom. The van der Waals surface area contributed by atoms with Crippen LogP contribution in [-0.2, 0) is 4.79 Å². The van der Waals surface area contributed by atoms with E-state index >= 15 is 0 Å². The van der Waals surface area contributed by atoms with Crippen LogP contribution in [0.1, 0.15) is 18.9 Å². The van der Waals surface area contributed by atoms with Crippen LogP contribution < -0.4 is 10.1 Å². The van der Waals surface area contributed by atoms with Crippen molar-refractivity contribution in [2.45, 2.75) is 26.3 Å². The standard InChI is InChI=1S/C13H18N2O5/c1-3-14-11(13(16)17)6-7-20-12-8-10(15(18)19)5-4-9(12)2/h4-5,8,11,14H,3,6-7H2,1-2H3,(H,16,17). The van der Waals surface area contributed by atoms with Gasteiger partial charge in [-0.2, -0.15) is 0 Å². The summed E-state index contributed by atoms with van der Waals surface area (Å²) in [5.41, 5.74) is 0.720. The molecule has 0 spiro atoms. The van der Waals surface area contributed by atoms with Gasteiger partial charge in [0, 0.05) is 12.5 Å². The fourth-order valence-corrected chi connectivity index (χ4v) is 1.70. The molecule has 1 aromatic rings. The van der Waals surface area contributed by atoms with Gasteiger partial charge >= 0.3 is 5.97 Å². The fraction of sp³-hybridized carbons (Fsp3) is 0.462. The zero-order chi connectivity index (χ0) is 15.1. The van der Waals surface area contributed by atoms with E-state index in [4.69, 9.17) is 9.84 Å². The SMILES string of the molecule is CCNC(CCOc1cc([N+](=O)[O-])ccc1C)C(=O)O. The summed E-state index contributed by atoms with van der Waals surface area (Å²) in [6.45, 7) is 4.32. The lowest BCUT2D eigenvalue weighted by molar-refractivity contribution is -0.384. The first-order chi connectivity index (χ1) is 9.45. The van der Waals surface area contributed by atoms with Gasteiger partial charge in [-0.3, -0.25) is 14.9 Å². The van der Waals surface area contributed by atoms with E-state index in [0.29, 0.717) is 12.3 Å². The number of rotatable bonds is 8. The van der Waals surface area contributed by atoms with Crippen molar-refractivity contribution in [1.29, 1.82) is 0 Å². The second kappa shape index (κ2) is 7.44. The second-order valence-electron chi connectivity index (χ2n) is 4.29. The number of nitrogens with one attached hydrogen (secondary N) is 1. The highest BCUT2D eigenvalue weighted by atomic mass is 16.6. The number of nitrogens with zero attached hydrogens (tertiary/aromatic N) is 1. The molecule has 7 nitrogen and oxygen atoms in total. The van der Waals surface area contributed by atoms with Crippen LogP contribution in [0.15, 0.2) is 18.2 Å². The summed E-state index contributed by atoms with van der Waals surface area (Å²) >= 11 is 0. The van der Waals surface area contributed by atoms with E-state index in [9.17, 15) is 14.9 Å². The van der Waals surface area contributed by atoms with E-state index in [1.54, 1.807) is 13.0 Å². The van der Waals surface area contributed by atoms with Gasteiger partial charge in [-0.1, -0.05) is 6.92 Å². The van der Waals surface area contributed by atoms with Crippen LogP contribution in [0.2, 0.25) is 0 Å². The first kappa shape index (κ1) is 15.9. The van der Waals surface area contributed by atoms with Crippen LogP contribution in [0, 0.1) is 17.0 Å². The zero-order valence-corrected chi connectivity index (χ0v) is 11.5. The quantitative estimate of drug-likeness (QED) is 0.556. The number of carboxylic acids is 1.